The summed E-state index contributed by atoms with van der Waals surface area (Å²) in [4.78, 5) is 11.9. The van der Waals surface area contributed by atoms with Gasteiger partial charge in [0.1, 0.15) is 0 Å². The van der Waals surface area contributed by atoms with E-state index in [-0.39, 0.29) is 11.9 Å². The summed E-state index contributed by atoms with van der Waals surface area (Å²) in [6.07, 6.45) is 1.20. The minimum atomic E-state index is -0.0588. The zero-order valence-electron chi connectivity index (χ0n) is 11.8. The normalized spacial score (nSPS) is 12.6. The van der Waals surface area contributed by atoms with Crippen molar-refractivity contribution in [1.82, 2.24) is 0 Å². The summed E-state index contributed by atoms with van der Waals surface area (Å²) >= 11 is 0. The van der Waals surface area contributed by atoms with Gasteiger partial charge in [0.15, 0.2) is 0 Å². The number of anilines is 1. The first-order chi connectivity index (χ1) is 8.45. The molecule has 100 valence electrons. The molecular formula is C15H24N2O. The highest BCUT2D eigenvalue weighted by molar-refractivity contribution is 5.92. The van der Waals surface area contributed by atoms with Gasteiger partial charge in [-0.15, -0.1) is 0 Å². The second kappa shape index (κ2) is 6.55. The molecule has 0 fully saturated rings. The number of carbonyl (C=O) groups excluding carboxylic acids is 1. The zero-order chi connectivity index (χ0) is 13.7. The van der Waals surface area contributed by atoms with Gasteiger partial charge in [-0.2, -0.15) is 0 Å². The van der Waals surface area contributed by atoms with Crippen LogP contribution in [0.4, 0.5) is 5.69 Å². The van der Waals surface area contributed by atoms with Gasteiger partial charge in [-0.25, -0.2) is 0 Å². The molecule has 1 amide bonds. The van der Waals surface area contributed by atoms with Gasteiger partial charge in [-0.05, 0) is 30.4 Å². The second-order valence-corrected chi connectivity index (χ2v) is 5.11. The Kier molecular flexibility index (Phi) is 5.35. The first-order valence-corrected chi connectivity index (χ1v) is 6.60. The van der Waals surface area contributed by atoms with Crippen molar-refractivity contribution < 1.29 is 4.79 Å². The number of benzene rings is 1. The highest BCUT2D eigenvalue weighted by Crippen LogP contribution is 2.27. The number of para-hydroxylation sites is 1. The lowest BCUT2D eigenvalue weighted by Gasteiger charge is -2.17. The molecule has 0 radical (unpaired) electrons. The summed E-state index contributed by atoms with van der Waals surface area (Å²) in [5, 5.41) is 3.01. The lowest BCUT2D eigenvalue weighted by atomic mass is 9.98. The molecule has 1 aromatic rings. The Balaban J connectivity index is 2.86. The summed E-state index contributed by atoms with van der Waals surface area (Å²) < 4.78 is 0. The van der Waals surface area contributed by atoms with Crippen LogP contribution in [0.2, 0.25) is 0 Å². The number of amides is 1. The summed E-state index contributed by atoms with van der Waals surface area (Å²) in [7, 11) is 0. The monoisotopic (exact) mass is 248 g/mol. The molecule has 0 saturated heterocycles. The molecule has 1 unspecified atom stereocenters. The van der Waals surface area contributed by atoms with E-state index < -0.39 is 0 Å². The Morgan fingerprint density at radius 3 is 2.61 bits per heavy atom. The largest absolute Gasteiger partial charge is 0.327 e. The molecule has 3 heteroatoms. The molecule has 0 bridgehead atoms. The van der Waals surface area contributed by atoms with E-state index in [1.807, 2.05) is 26.0 Å². The first-order valence-electron chi connectivity index (χ1n) is 6.60. The van der Waals surface area contributed by atoms with Crippen LogP contribution in [0.3, 0.4) is 0 Å². The van der Waals surface area contributed by atoms with Crippen molar-refractivity contribution in [2.75, 3.05) is 5.32 Å². The fourth-order valence-corrected chi connectivity index (χ4v) is 1.92. The lowest BCUT2D eigenvalue weighted by Crippen LogP contribution is -2.26. The Morgan fingerprint density at radius 1 is 1.39 bits per heavy atom. The van der Waals surface area contributed by atoms with Crippen LogP contribution < -0.4 is 11.1 Å². The average molecular weight is 248 g/mol. The van der Waals surface area contributed by atoms with Gasteiger partial charge >= 0.3 is 0 Å². The van der Waals surface area contributed by atoms with Gasteiger partial charge in [-0.3, -0.25) is 4.79 Å². The molecular weight excluding hydrogens is 224 g/mol. The molecule has 18 heavy (non-hydrogen) atoms. The molecule has 3 nitrogen and oxygen atoms in total. The maximum atomic E-state index is 11.9. The number of nitrogens with two attached hydrogens (primary N) is 1. The molecule has 3 N–H and O–H groups in total. The van der Waals surface area contributed by atoms with Crippen LogP contribution in [0.1, 0.15) is 50.7 Å². The molecule has 1 rings (SSSR count). The van der Waals surface area contributed by atoms with E-state index in [1.165, 1.54) is 5.56 Å². The van der Waals surface area contributed by atoms with Crippen LogP contribution in [0, 0.1) is 6.92 Å². The van der Waals surface area contributed by atoms with Crippen LogP contribution in [0.15, 0.2) is 18.2 Å². The van der Waals surface area contributed by atoms with Crippen molar-refractivity contribution in [1.29, 1.82) is 0 Å². The Labute approximate surface area is 110 Å². The standard InChI is InChI=1S/C15H24N2O/c1-5-12(16)9-14(18)17-15-11(4)7-6-8-13(15)10(2)3/h6-8,10,12H,5,9,16H2,1-4H3,(H,17,18). The molecule has 0 heterocycles. The minimum Gasteiger partial charge on any atom is -0.327 e. The Bertz CT molecular complexity index is 413. The second-order valence-electron chi connectivity index (χ2n) is 5.11. The number of nitrogens with one attached hydrogen (secondary N) is 1. The quantitative estimate of drug-likeness (QED) is 0.840. The van der Waals surface area contributed by atoms with Crippen LogP contribution >= 0.6 is 0 Å². The predicted molar refractivity (Wildman–Crippen MR) is 76.8 cm³/mol. The predicted octanol–water partition coefficient (Wildman–Crippen LogP) is 3.18. The van der Waals surface area contributed by atoms with Crippen molar-refractivity contribution in [2.45, 2.75) is 52.5 Å². The number of aryl methyl sites for hydroxylation is 1. The Hall–Kier alpha value is -1.35. The molecule has 0 aliphatic carbocycles. The Morgan fingerprint density at radius 2 is 2.06 bits per heavy atom. The molecule has 1 aromatic carbocycles. The van der Waals surface area contributed by atoms with Crippen molar-refractivity contribution in [2.24, 2.45) is 5.73 Å². The lowest BCUT2D eigenvalue weighted by molar-refractivity contribution is -0.116. The third kappa shape index (κ3) is 3.84. The molecule has 0 aromatic heterocycles. The first kappa shape index (κ1) is 14.7. The maximum Gasteiger partial charge on any atom is 0.225 e. The maximum absolute atomic E-state index is 11.9. The van der Waals surface area contributed by atoms with Crippen molar-refractivity contribution in [3.63, 3.8) is 0 Å². The van der Waals surface area contributed by atoms with Crippen LogP contribution in [-0.2, 0) is 4.79 Å². The van der Waals surface area contributed by atoms with E-state index in [2.05, 4.69) is 25.2 Å². The van der Waals surface area contributed by atoms with Crippen LogP contribution in [0.5, 0.6) is 0 Å². The van der Waals surface area contributed by atoms with E-state index in [9.17, 15) is 4.79 Å². The van der Waals surface area contributed by atoms with Crippen LogP contribution in [0.25, 0.3) is 0 Å². The highest BCUT2D eigenvalue weighted by Gasteiger charge is 2.13. The highest BCUT2D eigenvalue weighted by atomic mass is 16.1. The van der Waals surface area contributed by atoms with E-state index in [0.29, 0.717) is 12.3 Å². The van der Waals surface area contributed by atoms with E-state index >= 15 is 0 Å². The third-order valence-electron chi connectivity index (χ3n) is 3.16. The van der Waals surface area contributed by atoms with Gasteiger partial charge < -0.3 is 11.1 Å². The van der Waals surface area contributed by atoms with Crippen molar-refractivity contribution in [3.05, 3.63) is 29.3 Å². The zero-order valence-corrected chi connectivity index (χ0v) is 11.8. The number of carbonyl (C=O) groups is 1. The molecule has 0 aliphatic rings. The van der Waals surface area contributed by atoms with E-state index in [1.54, 1.807) is 0 Å². The number of rotatable bonds is 5. The topological polar surface area (TPSA) is 55.1 Å². The van der Waals surface area contributed by atoms with E-state index in [4.69, 9.17) is 5.73 Å². The van der Waals surface area contributed by atoms with Gasteiger partial charge in [-0.1, -0.05) is 39.0 Å². The molecule has 1 atom stereocenters. The number of hydrogen-bond donors (Lipinski definition) is 2. The molecule has 0 saturated carbocycles. The van der Waals surface area contributed by atoms with Crippen molar-refractivity contribution in [3.8, 4) is 0 Å². The smallest absolute Gasteiger partial charge is 0.225 e. The average Bonchev–Trinajstić information content (AvgIpc) is 2.31. The molecule has 0 spiro atoms. The van der Waals surface area contributed by atoms with E-state index in [0.717, 1.165) is 17.7 Å². The summed E-state index contributed by atoms with van der Waals surface area (Å²) in [5.41, 5.74) is 9.02. The van der Waals surface area contributed by atoms with Gasteiger partial charge in [0.05, 0.1) is 0 Å². The fraction of sp³-hybridized carbons (Fsp3) is 0.533. The number of hydrogen-bond acceptors (Lipinski definition) is 2. The van der Waals surface area contributed by atoms with Crippen LogP contribution in [-0.4, -0.2) is 11.9 Å². The van der Waals surface area contributed by atoms with Gasteiger partial charge in [0.25, 0.3) is 0 Å². The van der Waals surface area contributed by atoms with Gasteiger partial charge in [0.2, 0.25) is 5.91 Å². The fourth-order valence-electron chi connectivity index (χ4n) is 1.92. The van der Waals surface area contributed by atoms with Crippen molar-refractivity contribution >= 4 is 11.6 Å². The minimum absolute atomic E-state index is 0.000509. The third-order valence-corrected chi connectivity index (χ3v) is 3.16. The SMILES string of the molecule is CCC(N)CC(=O)Nc1c(C)cccc1C(C)C. The summed E-state index contributed by atoms with van der Waals surface area (Å²) in [6.45, 7) is 8.26. The summed E-state index contributed by atoms with van der Waals surface area (Å²) in [6, 6.07) is 6.04. The van der Waals surface area contributed by atoms with Gasteiger partial charge in [0, 0.05) is 18.2 Å². The molecule has 0 aliphatic heterocycles. The summed E-state index contributed by atoms with van der Waals surface area (Å²) in [5.74, 6) is 0.389.